The third-order valence-corrected chi connectivity index (χ3v) is 3.69. The van der Waals surface area contributed by atoms with Crippen LogP contribution in [0.3, 0.4) is 0 Å². The third-order valence-electron chi connectivity index (χ3n) is 3.69. The first-order valence-corrected chi connectivity index (χ1v) is 7.18. The molecule has 0 spiro atoms. The van der Waals surface area contributed by atoms with Crippen LogP contribution in [0.1, 0.15) is 39.0 Å². The molecule has 110 valence electrons. The van der Waals surface area contributed by atoms with Gasteiger partial charge in [0.2, 0.25) is 0 Å². The molecule has 0 aliphatic rings. The monoisotopic (exact) mass is 278 g/mol. The smallest absolute Gasteiger partial charge is 0.328 e. The molecule has 2 aromatic heterocycles. The third kappa shape index (κ3) is 2.55. The molecule has 20 heavy (non-hydrogen) atoms. The first-order chi connectivity index (χ1) is 9.57. The zero-order valence-electron chi connectivity index (χ0n) is 12.4. The fourth-order valence-electron chi connectivity index (χ4n) is 2.47. The number of rotatable bonds is 6. The largest absolute Gasteiger partial charge is 0.332 e. The van der Waals surface area contributed by atoms with E-state index in [1.165, 1.54) is 22.0 Å². The summed E-state index contributed by atoms with van der Waals surface area (Å²) in [6.07, 6.45) is 7.01. The van der Waals surface area contributed by atoms with Crippen molar-refractivity contribution in [3.05, 3.63) is 27.2 Å². The van der Waals surface area contributed by atoms with Gasteiger partial charge in [-0.3, -0.25) is 13.9 Å². The topological polar surface area (TPSA) is 61.8 Å². The highest BCUT2D eigenvalue weighted by Crippen LogP contribution is 2.05. The Balaban J connectivity index is 2.31. The molecule has 0 N–H and O–H groups in total. The number of hydrogen-bond donors (Lipinski definition) is 0. The van der Waals surface area contributed by atoms with Crippen molar-refractivity contribution in [1.29, 1.82) is 0 Å². The molecule has 6 heteroatoms. The number of aromatic nitrogens is 4. The minimum absolute atomic E-state index is 0.237. The number of imidazole rings is 1. The second kappa shape index (κ2) is 6.07. The molecule has 0 aromatic carbocycles. The Hall–Kier alpha value is -1.85. The van der Waals surface area contributed by atoms with E-state index in [1.807, 2.05) is 0 Å². The molecule has 2 rings (SSSR count). The van der Waals surface area contributed by atoms with Gasteiger partial charge in [-0.05, 0) is 6.42 Å². The van der Waals surface area contributed by atoms with E-state index < -0.39 is 0 Å². The highest BCUT2D eigenvalue weighted by atomic mass is 16.2. The van der Waals surface area contributed by atoms with Crippen LogP contribution in [0, 0.1) is 0 Å². The Kier molecular flexibility index (Phi) is 4.42. The Morgan fingerprint density at radius 3 is 2.50 bits per heavy atom. The van der Waals surface area contributed by atoms with Gasteiger partial charge < -0.3 is 4.57 Å². The maximum atomic E-state index is 12.4. The number of nitrogens with zero attached hydrogens (tertiary/aromatic N) is 4. The average Bonchev–Trinajstić information content (AvgIpc) is 2.81. The van der Waals surface area contributed by atoms with Crippen LogP contribution in [0.15, 0.2) is 15.9 Å². The van der Waals surface area contributed by atoms with Crippen molar-refractivity contribution < 1.29 is 0 Å². The lowest BCUT2D eigenvalue weighted by Crippen LogP contribution is -2.39. The van der Waals surface area contributed by atoms with E-state index in [-0.39, 0.29) is 11.2 Å². The lowest BCUT2D eigenvalue weighted by Gasteiger charge is -2.08. The van der Waals surface area contributed by atoms with Gasteiger partial charge in [0.1, 0.15) is 0 Å². The van der Waals surface area contributed by atoms with Crippen molar-refractivity contribution in [2.45, 2.75) is 45.6 Å². The van der Waals surface area contributed by atoms with Crippen molar-refractivity contribution in [1.82, 2.24) is 18.7 Å². The zero-order chi connectivity index (χ0) is 14.7. The van der Waals surface area contributed by atoms with Gasteiger partial charge >= 0.3 is 5.69 Å². The van der Waals surface area contributed by atoms with Gasteiger partial charge in [0.25, 0.3) is 5.56 Å². The fourth-order valence-corrected chi connectivity index (χ4v) is 2.47. The van der Waals surface area contributed by atoms with Gasteiger partial charge in [-0.25, -0.2) is 9.78 Å². The van der Waals surface area contributed by atoms with E-state index in [2.05, 4.69) is 11.9 Å². The molecule has 0 fully saturated rings. The predicted molar refractivity (Wildman–Crippen MR) is 79.0 cm³/mol. The summed E-state index contributed by atoms with van der Waals surface area (Å²) in [6, 6.07) is 0. The van der Waals surface area contributed by atoms with Crippen LogP contribution in [0.2, 0.25) is 0 Å². The van der Waals surface area contributed by atoms with Crippen molar-refractivity contribution in [2.24, 2.45) is 14.1 Å². The fraction of sp³-hybridized carbons (Fsp3) is 0.643. The molecule has 0 saturated carbocycles. The summed E-state index contributed by atoms with van der Waals surface area (Å²) in [5, 5.41) is 0. The van der Waals surface area contributed by atoms with Crippen LogP contribution in [0.5, 0.6) is 0 Å². The van der Waals surface area contributed by atoms with E-state index in [4.69, 9.17) is 0 Å². The average molecular weight is 278 g/mol. The predicted octanol–water partition coefficient (Wildman–Crippen LogP) is 1.40. The van der Waals surface area contributed by atoms with Gasteiger partial charge in [0.05, 0.1) is 6.33 Å². The summed E-state index contributed by atoms with van der Waals surface area (Å²) in [7, 11) is 3.43. The van der Waals surface area contributed by atoms with Gasteiger partial charge in [-0.2, -0.15) is 0 Å². The molecule has 0 aliphatic heterocycles. The summed E-state index contributed by atoms with van der Waals surface area (Å²) < 4.78 is 4.45. The Labute approximate surface area is 117 Å². The maximum Gasteiger partial charge on any atom is 0.332 e. The quantitative estimate of drug-likeness (QED) is 0.750. The molecule has 0 unspecified atom stereocenters. The molecule has 2 heterocycles. The summed E-state index contributed by atoms with van der Waals surface area (Å²) >= 11 is 0. The van der Waals surface area contributed by atoms with Gasteiger partial charge in [-0.1, -0.05) is 32.6 Å². The molecular weight excluding hydrogens is 256 g/mol. The van der Waals surface area contributed by atoms with Crippen molar-refractivity contribution in [3.8, 4) is 0 Å². The van der Waals surface area contributed by atoms with E-state index in [1.54, 1.807) is 25.0 Å². The number of unbranched alkanes of at least 4 members (excludes halogenated alkanes) is 4. The molecular formula is C14H22N4O2. The highest BCUT2D eigenvalue weighted by Gasteiger charge is 2.14. The van der Waals surface area contributed by atoms with Gasteiger partial charge in [-0.15, -0.1) is 0 Å². The maximum absolute atomic E-state index is 12.4. The molecule has 0 amide bonds. The molecule has 0 atom stereocenters. The van der Waals surface area contributed by atoms with Crippen molar-refractivity contribution in [3.63, 3.8) is 0 Å². The number of fused-ring (bicyclic) bond motifs is 1. The molecule has 0 bridgehead atoms. The van der Waals surface area contributed by atoms with Gasteiger partial charge in [0.15, 0.2) is 11.2 Å². The second-order valence-corrected chi connectivity index (χ2v) is 5.24. The molecule has 0 radical (unpaired) electrons. The Morgan fingerprint density at radius 1 is 1.10 bits per heavy atom. The van der Waals surface area contributed by atoms with Crippen molar-refractivity contribution in [2.75, 3.05) is 0 Å². The van der Waals surface area contributed by atoms with E-state index >= 15 is 0 Å². The summed E-state index contributed by atoms with van der Waals surface area (Å²) in [5.74, 6) is 0. The standard InChI is InChI=1S/C14H22N4O2/c1-4-5-6-7-8-9-18-13(19)11-12(15-10-16(11)2)17(3)14(18)20/h10H,4-9H2,1-3H3. The minimum Gasteiger partial charge on any atom is -0.328 e. The summed E-state index contributed by atoms with van der Waals surface area (Å²) in [6.45, 7) is 2.65. The van der Waals surface area contributed by atoms with Crippen LogP contribution in [0.25, 0.3) is 11.2 Å². The van der Waals surface area contributed by atoms with Gasteiger partial charge in [0, 0.05) is 20.6 Å². The van der Waals surface area contributed by atoms with Crippen LogP contribution < -0.4 is 11.2 Å². The van der Waals surface area contributed by atoms with Crippen LogP contribution >= 0.6 is 0 Å². The summed E-state index contributed by atoms with van der Waals surface area (Å²) in [5.41, 5.74) is 0.417. The van der Waals surface area contributed by atoms with E-state index in [0.29, 0.717) is 17.7 Å². The van der Waals surface area contributed by atoms with E-state index in [9.17, 15) is 9.59 Å². The lowest BCUT2D eigenvalue weighted by atomic mass is 10.1. The lowest BCUT2D eigenvalue weighted by molar-refractivity contribution is 0.531. The van der Waals surface area contributed by atoms with Crippen LogP contribution in [-0.2, 0) is 20.6 Å². The number of aryl methyl sites for hydroxylation is 2. The van der Waals surface area contributed by atoms with Crippen LogP contribution in [0.4, 0.5) is 0 Å². The first-order valence-electron chi connectivity index (χ1n) is 7.18. The molecule has 2 aromatic rings. The Morgan fingerprint density at radius 2 is 1.80 bits per heavy atom. The van der Waals surface area contributed by atoms with Crippen LogP contribution in [-0.4, -0.2) is 18.7 Å². The minimum atomic E-state index is -0.281. The zero-order valence-corrected chi connectivity index (χ0v) is 12.4. The first kappa shape index (κ1) is 14.6. The second-order valence-electron chi connectivity index (χ2n) is 5.24. The normalized spacial score (nSPS) is 11.3. The van der Waals surface area contributed by atoms with Crippen molar-refractivity contribution >= 4 is 11.2 Å². The SMILES string of the molecule is CCCCCCCn1c(=O)c2c(ncn2C)n(C)c1=O. The molecule has 6 nitrogen and oxygen atoms in total. The number of hydrogen-bond acceptors (Lipinski definition) is 3. The van der Waals surface area contributed by atoms with E-state index in [0.717, 1.165) is 19.3 Å². The molecule has 0 aliphatic carbocycles. The molecule has 0 saturated heterocycles. The highest BCUT2D eigenvalue weighted by molar-refractivity contribution is 5.69. The Bertz CT molecular complexity index is 708. The summed E-state index contributed by atoms with van der Waals surface area (Å²) in [4.78, 5) is 28.7.